The summed E-state index contributed by atoms with van der Waals surface area (Å²) in [5.74, 6) is 0.0704. The number of halogens is 2. The molecule has 0 N–H and O–H groups in total. The molecule has 3 aliphatic heterocycles. The minimum atomic E-state index is -0.581. The van der Waals surface area contributed by atoms with Crippen LogP contribution in [0.1, 0.15) is 51.8 Å². The number of aryl methyl sites for hydroxylation is 1. The highest BCUT2D eigenvalue weighted by molar-refractivity contribution is 6.35. The van der Waals surface area contributed by atoms with E-state index in [-0.39, 0.29) is 34.5 Å². The maximum absolute atomic E-state index is 16.7. The molecule has 2 aromatic heterocycles. The van der Waals surface area contributed by atoms with E-state index < -0.39 is 11.4 Å². The maximum Gasteiger partial charge on any atom is 0.410 e. The van der Waals surface area contributed by atoms with E-state index in [1.54, 1.807) is 23.5 Å². The van der Waals surface area contributed by atoms with Crippen LogP contribution in [0.4, 0.5) is 14.9 Å². The second kappa shape index (κ2) is 10.5. The number of benzene rings is 2. The van der Waals surface area contributed by atoms with Crippen molar-refractivity contribution < 1.29 is 23.4 Å². The van der Waals surface area contributed by atoms with Gasteiger partial charge in [0, 0.05) is 42.8 Å². The van der Waals surface area contributed by atoms with Crippen LogP contribution in [0.25, 0.3) is 33.1 Å². The molecular weight excluding hydrogens is 573 g/mol. The third-order valence-corrected chi connectivity index (χ3v) is 8.81. The number of hydrogen-bond acceptors (Lipinski definition) is 7. The van der Waals surface area contributed by atoms with Crippen LogP contribution in [0, 0.1) is 12.7 Å². The van der Waals surface area contributed by atoms with Crippen LogP contribution < -0.4 is 9.64 Å². The van der Waals surface area contributed by atoms with Crippen molar-refractivity contribution in [3.8, 4) is 16.9 Å². The van der Waals surface area contributed by atoms with Gasteiger partial charge in [0.1, 0.15) is 24.0 Å². The Hall–Kier alpha value is -3.63. The van der Waals surface area contributed by atoms with Crippen molar-refractivity contribution in [3.63, 3.8) is 0 Å². The van der Waals surface area contributed by atoms with Crippen LogP contribution in [0.5, 0.6) is 5.75 Å². The largest absolute Gasteiger partial charge is 0.488 e. The highest BCUT2D eigenvalue weighted by Gasteiger charge is 2.38. The fraction of sp³-hybridized carbons (Fsp3) is 0.469. The molecule has 2 fully saturated rings. The topological polar surface area (TPSA) is 82.0 Å². The fourth-order valence-corrected chi connectivity index (χ4v) is 6.81. The molecule has 0 saturated carbocycles. The zero-order valence-corrected chi connectivity index (χ0v) is 25.6. The third-order valence-electron chi connectivity index (χ3n) is 8.51. The zero-order valence-electron chi connectivity index (χ0n) is 24.8. The Morgan fingerprint density at radius 1 is 1.14 bits per heavy atom. The van der Waals surface area contributed by atoms with Gasteiger partial charge in [-0.1, -0.05) is 17.7 Å². The summed E-state index contributed by atoms with van der Waals surface area (Å²) < 4.78 is 36.4. The van der Waals surface area contributed by atoms with E-state index in [0.717, 1.165) is 36.0 Å². The number of hydrogen-bond donors (Lipinski definition) is 0. The Labute approximate surface area is 254 Å². The Morgan fingerprint density at radius 2 is 1.98 bits per heavy atom. The van der Waals surface area contributed by atoms with Crippen LogP contribution in [-0.2, 0) is 9.47 Å². The molecule has 2 aromatic carbocycles. The summed E-state index contributed by atoms with van der Waals surface area (Å²) in [4.78, 5) is 25.9. The number of ether oxygens (including phenoxy) is 3. The van der Waals surface area contributed by atoms with Crippen molar-refractivity contribution in [1.29, 1.82) is 0 Å². The van der Waals surface area contributed by atoms with Gasteiger partial charge in [-0.25, -0.2) is 19.2 Å². The van der Waals surface area contributed by atoms with Crippen molar-refractivity contribution in [2.24, 2.45) is 0 Å². The molecular formula is C32H35ClFN5O4. The molecule has 226 valence electrons. The smallest absolute Gasteiger partial charge is 0.410 e. The standard InChI is InChI=1S/C32H35ClFN5O4/c1-18-8-9-22-29(36-17-39(22)24-7-5-6-12-41-24)25(18)26-21(33)13-20-28(27(26)34)35-14-23-30(20)38-11-10-37(15-19(38)16-42-23)31(40)43-32(2,3)4/h8-9,13-14,17,19,24H,5-7,10-12,15-16H2,1-4H3/t19-,24?/m1/s1. The number of carbonyl (C=O) groups excluding carboxylic acids is 1. The number of imidazole rings is 1. The van der Waals surface area contributed by atoms with E-state index in [4.69, 9.17) is 30.8 Å². The van der Waals surface area contributed by atoms with Crippen molar-refractivity contribution in [1.82, 2.24) is 19.4 Å². The lowest BCUT2D eigenvalue weighted by Crippen LogP contribution is -2.59. The summed E-state index contributed by atoms with van der Waals surface area (Å²) in [5, 5.41) is 0.846. The number of amides is 1. The van der Waals surface area contributed by atoms with Gasteiger partial charge in [-0.15, -0.1) is 0 Å². The van der Waals surface area contributed by atoms with Crippen LogP contribution >= 0.6 is 11.6 Å². The predicted molar refractivity (Wildman–Crippen MR) is 163 cm³/mol. The molecule has 1 unspecified atom stereocenters. The Kier molecular flexibility index (Phi) is 6.89. The van der Waals surface area contributed by atoms with Gasteiger partial charge in [0.15, 0.2) is 11.6 Å². The molecule has 1 amide bonds. The lowest BCUT2D eigenvalue weighted by molar-refractivity contribution is -0.0295. The number of pyridine rings is 1. The van der Waals surface area contributed by atoms with Crippen molar-refractivity contribution in [3.05, 3.63) is 47.1 Å². The average Bonchev–Trinajstić information content (AvgIpc) is 3.41. The number of rotatable bonds is 2. The summed E-state index contributed by atoms with van der Waals surface area (Å²) >= 11 is 6.96. The second-order valence-electron chi connectivity index (χ2n) is 12.6. The molecule has 0 bridgehead atoms. The van der Waals surface area contributed by atoms with Crippen LogP contribution in [-0.4, -0.2) is 70.0 Å². The Bertz CT molecular complexity index is 1750. The monoisotopic (exact) mass is 607 g/mol. The van der Waals surface area contributed by atoms with Crippen molar-refractivity contribution in [2.75, 3.05) is 37.7 Å². The first kappa shape index (κ1) is 28.2. The minimum absolute atomic E-state index is 0.0943. The molecule has 4 aromatic rings. The number of piperazine rings is 1. The molecule has 0 aliphatic carbocycles. The molecule has 5 heterocycles. The molecule has 0 spiro atoms. The number of fused-ring (bicyclic) bond motifs is 6. The summed E-state index contributed by atoms with van der Waals surface area (Å²) in [6.45, 7) is 10.0. The van der Waals surface area contributed by atoms with Gasteiger partial charge in [0.25, 0.3) is 0 Å². The van der Waals surface area contributed by atoms with Gasteiger partial charge in [0.05, 0.1) is 40.3 Å². The summed E-state index contributed by atoms with van der Waals surface area (Å²) in [6.07, 6.45) is 5.96. The van der Waals surface area contributed by atoms with Gasteiger partial charge in [-0.05, 0) is 64.7 Å². The van der Waals surface area contributed by atoms with E-state index in [0.29, 0.717) is 55.1 Å². The molecule has 9 nitrogen and oxygen atoms in total. The lowest BCUT2D eigenvalue weighted by Gasteiger charge is -2.45. The lowest BCUT2D eigenvalue weighted by atomic mass is 9.95. The summed E-state index contributed by atoms with van der Waals surface area (Å²) in [7, 11) is 0. The van der Waals surface area contributed by atoms with E-state index in [2.05, 4.69) is 9.88 Å². The molecule has 7 rings (SSSR count). The molecule has 3 aliphatic rings. The minimum Gasteiger partial charge on any atom is -0.488 e. The number of aromatic nitrogens is 3. The normalized spacial score (nSPS) is 20.6. The number of anilines is 1. The summed E-state index contributed by atoms with van der Waals surface area (Å²) in [5.41, 5.74) is 3.71. The van der Waals surface area contributed by atoms with Crippen molar-refractivity contribution in [2.45, 2.75) is 64.8 Å². The van der Waals surface area contributed by atoms with Crippen LogP contribution in [0.3, 0.4) is 0 Å². The SMILES string of the molecule is Cc1ccc2c(ncn2C2CCCCO2)c1-c1c(Cl)cc2c3c(cnc2c1F)OC[C@H]1CN(C(=O)OC(C)(C)C)CCN31. The first-order chi connectivity index (χ1) is 20.6. The van der Waals surface area contributed by atoms with Gasteiger partial charge in [-0.2, -0.15) is 0 Å². The van der Waals surface area contributed by atoms with Crippen LogP contribution in [0.15, 0.2) is 30.7 Å². The average molecular weight is 608 g/mol. The van der Waals surface area contributed by atoms with Crippen LogP contribution in [0.2, 0.25) is 5.02 Å². The molecule has 11 heteroatoms. The number of carbonyl (C=O) groups is 1. The van der Waals surface area contributed by atoms with Gasteiger partial charge >= 0.3 is 6.09 Å². The van der Waals surface area contributed by atoms with E-state index in [1.165, 1.54) is 0 Å². The predicted octanol–water partition coefficient (Wildman–Crippen LogP) is 6.87. The quantitative estimate of drug-likeness (QED) is 0.246. The molecule has 2 atom stereocenters. The Morgan fingerprint density at radius 3 is 2.74 bits per heavy atom. The third kappa shape index (κ3) is 4.84. The van der Waals surface area contributed by atoms with Gasteiger partial charge in [-0.3, -0.25) is 0 Å². The zero-order chi connectivity index (χ0) is 30.0. The van der Waals surface area contributed by atoms with E-state index >= 15 is 4.39 Å². The molecule has 43 heavy (non-hydrogen) atoms. The first-order valence-electron chi connectivity index (χ1n) is 14.9. The van der Waals surface area contributed by atoms with Gasteiger partial charge < -0.3 is 28.6 Å². The van der Waals surface area contributed by atoms with Crippen molar-refractivity contribution >= 4 is 45.3 Å². The van der Waals surface area contributed by atoms with E-state index in [1.807, 2.05) is 44.4 Å². The number of nitrogens with zero attached hydrogens (tertiary/aromatic N) is 5. The highest BCUT2D eigenvalue weighted by Crippen LogP contribution is 2.46. The molecule has 2 saturated heterocycles. The second-order valence-corrected chi connectivity index (χ2v) is 13.0. The first-order valence-corrected chi connectivity index (χ1v) is 15.2. The fourth-order valence-electron chi connectivity index (χ4n) is 6.52. The Balaban J connectivity index is 1.29. The van der Waals surface area contributed by atoms with Gasteiger partial charge in [0.2, 0.25) is 0 Å². The maximum atomic E-state index is 16.7. The summed E-state index contributed by atoms with van der Waals surface area (Å²) in [6, 6.07) is 5.64. The van der Waals surface area contributed by atoms with E-state index in [9.17, 15) is 4.79 Å². The molecule has 0 radical (unpaired) electrons. The highest BCUT2D eigenvalue weighted by atomic mass is 35.5.